The summed E-state index contributed by atoms with van der Waals surface area (Å²) in [5.74, 6) is 1.86. The van der Waals surface area contributed by atoms with Gasteiger partial charge in [-0.1, -0.05) is 54.6 Å². The van der Waals surface area contributed by atoms with Gasteiger partial charge in [-0.2, -0.15) is 4.37 Å². The average molecular weight is 504 g/mol. The molecule has 0 N–H and O–H groups in total. The summed E-state index contributed by atoms with van der Waals surface area (Å²) in [5, 5.41) is 0.855. The van der Waals surface area contributed by atoms with E-state index in [2.05, 4.69) is 56.7 Å². The molecule has 5 rings (SSSR count). The van der Waals surface area contributed by atoms with Crippen LogP contribution in [0.15, 0.2) is 60.7 Å². The van der Waals surface area contributed by atoms with Crippen molar-refractivity contribution in [2.75, 3.05) is 51.3 Å². The summed E-state index contributed by atoms with van der Waals surface area (Å²) in [7, 11) is 1.67. The van der Waals surface area contributed by atoms with E-state index in [0.717, 1.165) is 74.4 Å². The van der Waals surface area contributed by atoms with Crippen molar-refractivity contribution >= 4 is 28.6 Å². The first-order valence-corrected chi connectivity index (χ1v) is 13.4. The lowest BCUT2D eigenvalue weighted by Crippen LogP contribution is -2.53. The Bertz CT molecular complexity index is 1170. The Kier molecular flexibility index (Phi) is 7.93. The molecule has 0 aliphatic carbocycles. The molecule has 0 spiro atoms. The fraction of sp³-hybridized carbons (Fsp3) is 0.393. The van der Waals surface area contributed by atoms with Gasteiger partial charge in [-0.25, -0.2) is 4.98 Å². The number of hydrogen-bond donors (Lipinski definition) is 0. The van der Waals surface area contributed by atoms with E-state index in [0.29, 0.717) is 6.42 Å². The van der Waals surface area contributed by atoms with Crippen molar-refractivity contribution in [1.29, 1.82) is 0 Å². The van der Waals surface area contributed by atoms with Crippen LogP contribution in [0, 0.1) is 0 Å². The molecule has 0 bridgehead atoms. The maximum Gasteiger partial charge on any atom is 0.245 e. The zero-order valence-electron chi connectivity index (χ0n) is 20.8. The average Bonchev–Trinajstić information content (AvgIpc) is 3.59. The number of anilines is 1. The molecule has 1 unspecified atom stereocenters. The van der Waals surface area contributed by atoms with Gasteiger partial charge in [-0.15, -0.1) is 0 Å². The van der Waals surface area contributed by atoms with Crippen molar-refractivity contribution in [2.24, 2.45) is 0 Å². The Morgan fingerprint density at radius 1 is 1.08 bits per heavy atom. The Labute approximate surface area is 217 Å². The quantitative estimate of drug-likeness (QED) is 0.464. The van der Waals surface area contributed by atoms with E-state index in [1.54, 1.807) is 7.11 Å². The largest absolute Gasteiger partial charge is 0.497 e. The van der Waals surface area contributed by atoms with Gasteiger partial charge in [0.05, 0.1) is 7.11 Å². The molecule has 2 saturated heterocycles. The summed E-state index contributed by atoms with van der Waals surface area (Å²) in [6.07, 6.45) is 6.92. The number of methoxy groups -OCH3 is 1. The first-order chi connectivity index (χ1) is 17.7. The standard InChI is InChI=1S/C28H33N5O2S/c1-35-24-12-5-10-23(20-24)21-26-29-28(36-30-26)33-15-7-13-25(33)27(34)32-18-16-31(17-19-32)14-6-11-22-8-3-2-4-9-22/h2-6,8-12,20,25H,7,13-19,21H2,1H3. The number of benzene rings is 2. The molecule has 0 radical (unpaired) electrons. The number of rotatable bonds is 8. The topological polar surface area (TPSA) is 61.8 Å². The summed E-state index contributed by atoms with van der Waals surface area (Å²) in [6, 6.07) is 18.2. The first-order valence-electron chi connectivity index (χ1n) is 12.6. The van der Waals surface area contributed by atoms with Crippen LogP contribution >= 0.6 is 11.5 Å². The zero-order valence-corrected chi connectivity index (χ0v) is 21.6. The van der Waals surface area contributed by atoms with E-state index in [4.69, 9.17) is 9.72 Å². The molecular formula is C28H33N5O2S. The summed E-state index contributed by atoms with van der Waals surface area (Å²) in [5.41, 5.74) is 2.33. The van der Waals surface area contributed by atoms with E-state index < -0.39 is 0 Å². The van der Waals surface area contributed by atoms with Crippen LogP contribution in [0.5, 0.6) is 5.75 Å². The third-order valence-corrected chi connectivity index (χ3v) is 7.69. The molecular weight excluding hydrogens is 470 g/mol. The number of ether oxygens (including phenoxy) is 1. The highest BCUT2D eigenvalue weighted by Crippen LogP contribution is 2.29. The Hall–Kier alpha value is -3.23. The van der Waals surface area contributed by atoms with E-state index in [1.165, 1.54) is 17.1 Å². The molecule has 2 aromatic carbocycles. The lowest BCUT2D eigenvalue weighted by Gasteiger charge is -2.36. The first kappa shape index (κ1) is 24.5. The van der Waals surface area contributed by atoms with E-state index >= 15 is 0 Å². The highest BCUT2D eigenvalue weighted by molar-refractivity contribution is 7.09. The van der Waals surface area contributed by atoms with Crippen molar-refractivity contribution in [1.82, 2.24) is 19.2 Å². The lowest BCUT2D eigenvalue weighted by atomic mass is 10.1. The Morgan fingerprint density at radius 2 is 1.92 bits per heavy atom. The van der Waals surface area contributed by atoms with Gasteiger partial charge in [0.15, 0.2) is 0 Å². The van der Waals surface area contributed by atoms with Gasteiger partial charge < -0.3 is 14.5 Å². The molecule has 36 heavy (non-hydrogen) atoms. The third kappa shape index (κ3) is 5.94. The molecule has 1 aromatic heterocycles. The van der Waals surface area contributed by atoms with Gasteiger partial charge in [0.1, 0.15) is 17.6 Å². The van der Waals surface area contributed by atoms with Crippen LogP contribution < -0.4 is 9.64 Å². The summed E-state index contributed by atoms with van der Waals surface area (Å²) < 4.78 is 9.91. The minimum Gasteiger partial charge on any atom is -0.497 e. The van der Waals surface area contributed by atoms with Crippen molar-refractivity contribution in [3.8, 4) is 5.75 Å². The van der Waals surface area contributed by atoms with Gasteiger partial charge in [0, 0.05) is 57.2 Å². The monoisotopic (exact) mass is 503 g/mol. The summed E-state index contributed by atoms with van der Waals surface area (Å²) in [6.45, 7) is 5.13. The van der Waals surface area contributed by atoms with Crippen LogP contribution in [0.3, 0.4) is 0 Å². The van der Waals surface area contributed by atoms with E-state index in [1.807, 2.05) is 29.2 Å². The predicted molar refractivity (Wildman–Crippen MR) is 145 cm³/mol. The Balaban J connectivity index is 1.14. The number of carbonyl (C=O) groups is 1. The van der Waals surface area contributed by atoms with Crippen LogP contribution in [0.4, 0.5) is 5.13 Å². The van der Waals surface area contributed by atoms with Gasteiger partial charge in [-0.05, 0) is 36.1 Å². The fourth-order valence-electron chi connectivity index (χ4n) is 4.91. The normalized spacial score (nSPS) is 18.8. The SMILES string of the molecule is COc1cccc(Cc2nsc(N3CCCC3C(=O)N3CCN(CC=Cc4ccccc4)CC3)n2)c1. The van der Waals surface area contributed by atoms with Crippen molar-refractivity contribution in [2.45, 2.75) is 25.3 Å². The zero-order chi connectivity index (χ0) is 24.7. The van der Waals surface area contributed by atoms with Crippen LogP contribution in [-0.2, 0) is 11.2 Å². The molecule has 2 aliphatic heterocycles. The number of amides is 1. The predicted octanol–water partition coefficient (Wildman–Crippen LogP) is 3.96. The second kappa shape index (κ2) is 11.7. The number of aromatic nitrogens is 2. The van der Waals surface area contributed by atoms with Crippen molar-refractivity contribution < 1.29 is 9.53 Å². The molecule has 0 saturated carbocycles. The van der Waals surface area contributed by atoms with Gasteiger partial charge >= 0.3 is 0 Å². The molecule has 8 heteroatoms. The highest BCUT2D eigenvalue weighted by Gasteiger charge is 2.36. The lowest BCUT2D eigenvalue weighted by molar-refractivity contribution is -0.134. The van der Waals surface area contributed by atoms with Crippen molar-refractivity contribution in [3.05, 3.63) is 77.6 Å². The van der Waals surface area contributed by atoms with Gasteiger partial charge in [-0.3, -0.25) is 9.69 Å². The maximum atomic E-state index is 13.5. The molecule has 2 fully saturated rings. The third-order valence-electron chi connectivity index (χ3n) is 6.89. The van der Waals surface area contributed by atoms with Gasteiger partial charge in [0.2, 0.25) is 11.0 Å². The molecule has 2 aliphatic rings. The van der Waals surface area contributed by atoms with Crippen LogP contribution in [0.2, 0.25) is 0 Å². The fourth-order valence-corrected chi connectivity index (χ4v) is 5.68. The van der Waals surface area contributed by atoms with Gasteiger partial charge in [0.25, 0.3) is 0 Å². The van der Waals surface area contributed by atoms with E-state index in [-0.39, 0.29) is 11.9 Å². The molecule has 188 valence electrons. The summed E-state index contributed by atoms with van der Waals surface area (Å²) in [4.78, 5) is 24.9. The second-order valence-corrected chi connectivity index (χ2v) is 10.0. The number of nitrogens with zero attached hydrogens (tertiary/aromatic N) is 5. The number of hydrogen-bond acceptors (Lipinski definition) is 7. The minimum absolute atomic E-state index is 0.132. The highest BCUT2D eigenvalue weighted by atomic mass is 32.1. The Morgan fingerprint density at radius 3 is 2.72 bits per heavy atom. The smallest absolute Gasteiger partial charge is 0.245 e. The van der Waals surface area contributed by atoms with Crippen LogP contribution in [-0.4, -0.2) is 77.5 Å². The molecule has 3 aromatic rings. The summed E-state index contributed by atoms with van der Waals surface area (Å²) >= 11 is 1.40. The van der Waals surface area contributed by atoms with E-state index in [9.17, 15) is 4.79 Å². The molecule has 1 amide bonds. The molecule has 1 atom stereocenters. The van der Waals surface area contributed by atoms with Crippen LogP contribution in [0.1, 0.15) is 29.8 Å². The minimum atomic E-state index is -0.132. The number of piperazine rings is 1. The number of carbonyl (C=O) groups excluding carboxylic acids is 1. The van der Waals surface area contributed by atoms with Crippen LogP contribution in [0.25, 0.3) is 6.08 Å². The maximum absolute atomic E-state index is 13.5. The van der Waals surface area contributed by atoms with Crippen molar-refractivity contribution in [3.63, 3.8) is 0 Å². The second-order valence-electron chi connectivity index (χ2n) is 9.31. The molecule has 7 nitrogen and oxygen atoms in total. The molecule has 3 heterocycles.